The van der Waals surface area contributed by atoms with E-state index >= 15 is 0 Å². The van der Waals surface area contributed by atoms with Gasteiger partial charge in [-0.3, -0.25) is 4.79 Å². The largest absolute Gasteiger partial charge is 0.416 e. The Morgan fingerprint density at radius 3 is 2.69 bits per heavy atom. The van der Waals surface area contributed by atoms with Crippen LogP contribution in [0, 0.1) is 12.8 Å². The smallest absolute Gasteiger partial charge is 0.349 e. The number of carbonyl (C=O) groups excluding carboxylic acids is 1. The number of alkyl halides is 3. The fourth-order valence-electron chi connectivity index (χ4n) is 3.48. The van der Waals surface area contributed by atoms with Crippen molar-refractivity contribution in [1.82, 2.24) is 15.1 Å². The van der Waals surface area contributed by atoms with Crippen molar-refractivity contribution in [3.05, 3.63) is 47.3 Å². The van der Waals surface area contributed by atoms with E-state index in [1.807, 2.05) is 0 Å². The molecule has 1 aliphatic carbocycles. The standard InChI is InChI=1S/C19H22F3N3O/c1-12-6-3-4-9-17(12)24-18(26)16-11-23-25(13(16)2)15-8-5-7-14(10-15)19(20,21)22/h5,7-8,10-12,17H,3-4,6,9H2,1-2H3,(H,24,26). The number of hydrogen-bond acceptors (Lipinski definition) is 2. The molecule has 140 valence electrons. The predicted molar refractivity (Wildman–Crippen MR) is 92.2 cm³/mol. The van der Waals surface area contributed by atoms with Crippen molar-refractivity contribution in [2.24, 2.45) is 5.92 Å². The maximum Gasteiger partial charge on any atom is 0.416 e. The number of nitrogens with one attached hydrogen (secondary N) is 1. The van der Waals surface area contributed by atoms with E-state index in [2.05, 4.69) is 17.3 Å². The summed E-state index contributed by atoms with van der Waals surface area (Å²) in [7, 11) is 0. The molecule has 1 aromatic carbocycles. The Kier molecular flexibility index (Phi) is 5.07. The van der Waals surface area contributed by atoms with Crippen LogP contribution in [0.5, 0.6) is 0 Å². The number of halogens is 3. The zero-order chi connectivity index (χ0) is 18.9. The number of amides is 1. The summed E-state index contributed by atoms with van der Waals surface area (Å²) in [6.07, 6.45) is 1.31. The third-order valence-electron chi connectivity index (χ3n) is 5.10. The van der Waals surface area contributed by atoms with E-state index in [9.17, 15) is 18.0 Å². The molecule has 0 saturated heterocycles. The molecule has 0 aliphatic heterocycles. The Morgan fingerprint density at radius 1 is 1.27 bits per heavy atom. The average Bonchev–Trinajstić information content (AvgIpc) is 2.98. The number of hydrogen-bond donors (Lipinski definition) is 1. The van der Waals surface area contributed by atoms with Crippen molar-refractivity contribution in [1.29, 1.82) is 0 Å². The molecular formula is C19H22F3N3O. The topological polar surface area (TPSA) is 46.9 Å². The summed E-state index contributed by atoms with van der Waals surface area (Å²) in [6, 6.07) is 5.06. The highest BCUT2D eigenvalue weighted by Crippen LogP contribution is 2.30. The van der Waals surface area contributed by atoms with Crippen LogP contribution in [-0.4, -0.2) is 21.7 Å². The Balaban J connectivity index is 1.83. The maximum atomic E-state index is 12.9. The van der Waals surface area contributed by atoms with E-state index in [4.69, 9.17) is 0 Å². The van der Waals surface area contributed by atoms with E-state index < -0.39 is 11.7 Å². The molecule has 1 amide bonds. The quantitative estimate of drug-likeness (QED) is 0.870. The zero-order valence-electron chi connectivity index (χ0n) is 14.8. The fraction of sp³-hybridized carbons (Fsp3) is 0.474. The fourth-order valence-corrected chi connectivity index (χ4v) is 3.48. The second-order valence-corrected chi connectivity index (χ2v) is 6.95. The first kappa shape index (κ1) is 18.5. The van der Waals surface area contributed by atoms with Crippen LogP contribution < -0.4 is 5.32 Å². The first-order valence-electron chi connectivity index (χ1n) is 8.80. The Labute approximate surface area is 150 Å². The number of carbonyl (C=O) groups is 1. The number of nitrogens with zero attached hydrogens (tertiary/aromatic N) is 2. The van der Waals surface area contributed by atoms with E-state index in [1.165, 1.54) is 23.4 Å². The highest BCUT2D eigenvalue weighted by molar-refractivity contribution is 5.95. The van der Waals surface area contributed by atoms with Gasteiger partial charge < -0.3 is 5.32 Å². The van der Waals surface area contributed by atoms with Crippen LogP contribution >= 0.6 is 0 Å². The second kappa shape index (κ2) is 7.13. The molecule has 1 saturated carbocycles. The van der Waals surface area contributed by atoms with Gasteiger partial charge in [-0.25, -0.2) is 4.68 Å². The summed E-state index contributed by atoms with van der Waals surface area (Å²) in [5.74, 6) is 0.200. The van der Waals surface area contributed by atoms with E-state index in [1.54, 1.807) is 13.0 Å². The molecule has 1 heterocycles. The first-order valence-corrected chi connectivity index (χ1v) is 8.80. The predicted octanol–water partition coefficient (Wildman–Crippen LogP) is 4.51. The molecule has 4 nitrogen and oxygen atoms in total. The van der Waals surface area contributed by atoms with Crippen molar-refractivity contribution in [2.75, 3.05) is 0 Å². The summed E-state index contributed by atoms with van der Waals surface area (Å²) < 4.78 is 40.1. The highest BCUT2D eigenvalue weighted by atomic mass is 19.4. The molecule has 3 rings (SSSR count). The molecule has 1 aromatic heterocycles. The molecule has 26 heavy (non-hydrogen) atoms. The van der Waals surface area contributed by atoms with Crippen LogP contribution in [0.3, 0.4) is 0 Å². The summed E-state index contributed by atoms with van der Waals surface area (Å²) in [4.78, 5) is 12.6. The number of aromatic nitrogens is 2. The highest BCUT2D eigenvalue weighted by Gasteiger charge is 2.31. The molecule has 0 bridgehead atoms. The van der Waals surface area contributed by atoms with Crippen LogP contribution in [0.4, 0.5) is 13.2 Å². The molecule has 7 heteroatoms. The van der Waals surface area contributed by atoms with E-state index in [-0.39, 0.29) is 17.6 Å². The lowest BCUT2D eigenvalue weighted by Crippen LogP contribution is -2.41. The summed E-state index contributed by atoms with van der Waals surface area (Å²) in [5.41, 5.74) is 0.444. The maximum absolute atomic E-state index is 12.9. The minimum atomic E-state index is -4.42. The van der Waals surface area contributed by atoms with Gasteiger partial charge in [-0.15, -0.1) is 0 Å². The molecule has 1 N–H and O–H groups in total. The summed E-state index contributed by atoms with van der Waals surface area (Å²) in [5, 5.41) is 7.18. The Hall–Kier alpha value is -2.31. The lowest BCUT2D eigenvalue weighted by molar-refractivity contribution is -0.137. The van der Waals surface area contributed by atoms with Crippen LogP contribution in [0.2, 0.25) is 0 Å². The first-order chi connectivity index (χ1) is 12.3. The lowest BCUT2D eigenvalue weighted by atomic mass is 9.86. The van der Waals surface area contributed by atoms with Crippen molar-refractivity contribution in [2.45, 2.75) is 51.7 Å². The molecule has 2 unspecified atom stereocenters. The van der Waals surface area contributed by atoms with Gasteiger partial charge in [0, 0.05) is 6.04 Å². The third kappa shape index (κ3) is 3.76. The molecule has 2 aromatic rings. The summed E-state index contributed by atoms with van der Waals surface area (Å²) >= 11 is 0. The minimum Gasteiger partial charge on any atom is -0.349 e. The molecule has 1 fully saturated rings. The van der Waals surface area contributed by atoms with Gasteiger partial charge in [0.2, 0.25) is 0 Å². The van der Waals surface area contributed by atoms with Gasteiger partial charge >= 0.3 is 6.18 Å². The number of rotatable bonds is 3. The van der Waals surface area contributed by atoms with Crippen molar-refractivity contribution in [3.63, 3.8) is 0 Å². The van der Waals surface area contributed by atoms with Gasteiger partial charge in [-0.1, -0.05) is 25.8 Å². The van der Waals surface area contributed by atoms with Gasteiger partial charge in [0.15, 0.2) is 0 Å². The molecule has 0 spiro atoms. The molecular weight excluding hydrogens is 343 g/mol. The van der Waals surface area contributed by atoms with Gasteiger partial charge in [-0.2, -0.15) is 18.3 Å². The number of benzene rings is 1. The van der Waals surface area contributed by atoms with E-state index in [0.29, 0.717) is 17.2 Å². The van der Waals surface area contributed by atoms with Gasteiger partial charge in [-0.05, 0) is 43.9 Å². The second-order valence-electron chi connectivity index (χ2n) is 6.95. The van der Waals surface area contributed by atoms with Crippen molar-refractivity contribution in [3.8, 4) is 5.69 Å². The monoisotopic (exact) mass is 365 g/mol. The van der Waals surface area contributed by atoms with Crippen LogP contribution in [0.1, 0.15) is 54.2 Å². The molecule has 0 radical (unpaired) electrons. The summed E-state index contributed by atoms with van der Waals surface area (Å²) in [6.45, 7) is 3.81. The SMILES string of the molecule is Cc1c(C(=O)NC2CCCCC2C)cnn1-c1cccc(C(F)(F)F)c1. The Bertz CT molecular complexity index is 798. The van der Waals surface area contributed by atoms with Gasteiger partial charge in [0.05, 0.1) is 28.7 Å². The normalized spacial score (nSPS) is 20.8. The van der Waals surface area contributed by atoms with E-state index in [0.717, 1.165) is 31.4 Å². The molecule has 2 atom stereocenters. The zero-order valence-corrected chi connectivity index (χ0v) is 14.8. The average molecular weight is 365 g/mol. The third-order valence-corrected chi connectivity index (χ3v) is 5.10. The Morgan fingerprint density at radius 2 is 2.00 bits per heavy atom. The molecule has 1 aliphatic rings. The van der Waals surface area contributed by atoms with Crippen molar-refractivity contribution >= 4 is 5.91 Å². The van der Waals surface area contributed by atoms with Crippen LogP contribution in [-0.2, 0) is 6.18 Å². The minimum absolute atomic E-state index is 0.132. The van der Waals surface area contributed by atoms with Gasteiger partial charge in [0.25, 0.3) is 5.91 Å². The van der Waals surface area contributed by atoms with Gasteiger partial charge in [0.1, 0.15) is 0 Å². The van der Waals surface area contributed by atoms with Crippen LogP contribution in [0.25, 0.3) is 5.69 Å². The van der Waals surface area contributed by atoms with Crippen LogP contribution in [0.15, 0.2) is 30.5 Å². The lowest BCUT2D eigenvalue weighted by Gasteiger charge is -2.29. The van der Waals surface area contributed by atoms with Crippen molar-refractivity contribution < 1.29 is 18.0 Å².